The van der Waals surface area contributed by atoms with Crippen LogP contribution in [0, 0.1) is 11.3 Å². The van der Waals surface area contributed by atoms with Gasteiger partial charge in [-0.2, -0.15) is 5.26 Å². The molecule has 0 radical (unpaired) electrons. The lowest BCUT2D eigenvalue weighted by Gasteiger charge is -1.83. The lowest BCUT2D eigenvalue weighted by Crippen LogP contribution is -2.46. The van der Waals surface area contributed by atoms with Crippen LogP contribution in [0.15, 0.2) is 24.4 Å². The second-order valence-corrected chi connectivity index (χ2v) is 1.60. The average Bonchev–Trinajstić information content (AvgIpc) is 1.89. The molecule has 0 saturated heterocycles. The molecule has 2 N–H and O–H groups in total. The summed E-state index contributed by atoms with van der Waals surface area (Å²) in [6.07, 6.45) is 1.62. The maximum Gasteiger partial charge on any atom is 0.311 e. The number of nitrogen functional groups attached to an aromatic ring is 1. The molecular weight excluding hydrogens is 114 g/mol. The van der Waals surface area contributed by atoms with Crippen LogP contribution in [0.3, 0.4) is 0 Å². The third-order valence-electron chi connectivity index (χ3n) is 1.00. The summed E-state index contributed by atoms with van der Waals surface area (Å²) in [5.41, 5.74) is 0.456. The summed E-state index contributed by atoms with van der Waals surface area (Å²) >= 11 is 0. The van der Waals surface area contributed by atoms with Crippen molar-refractivity contribution in [2.24, 2.45) is 0 Å². The fourth-order valence-electron chi connectivity index (χ4n) is 0.550. The Bertz CT molecular complexity index is 249. The van der Waals surface area contributed by atoms with E-state index in [0.29, 0.717) is 5.69 Å². The van der Waals surface area contributed by atoms with Gasteiger partial charge in [0.25, 0.3) is 0 Å². The van der Waals surface area contributed by atoms with Crippen molar-refractivity contribution >= 4 is 0 Å². The Morgan fingerprint density at radius 1 is 1.56 bits per heavy atom. The number of rotatable bonds is 0. The molecule has 0 atom stereocenters. The highest BCUT2D eigenvalue weighted by Crippen LogP contribution is 1.83. The first-order valence-electron chi connectivity index (χ1n) is 2.50. The van der Waals surface area contributed by atoms with Gasteiger partial charge in [0.1, 0.15) is 0 Å². The molecule has 0 aliphatic carbocycles. The zero-order valence-corrected chi connectivity index (χ0v) is 4.78. The van der Waals surface area contributed by atoms with Gasteiger partial charge in [0.15, 0.2) is 6.07 Å². The molecule has 0 spiro atoms. The number of hydrogen-bond acceptors (Lipinski definition) is 2. The summed E-state index contributed by atoms with van der Waals surface area (Å²) in [6.45, 7) is 0. The monoisotopic (exact) mass is 120 g/mol. The van der Waals surface area contributed by atoms with Gasteiger partial charge in [-0.05, 0) is 6.07 Å². The Labute approximate surface area is 52.9 Å². The molecule has 3 heteroatoms. The Hall–Kier alpha value is -1.56. The van der Waals surface area contributed by atoms with Crippen LogP contribution in [-0.4, -0.2) is 0 Å². The predicted octanol–water partition coefficient (Wildman–Crippen LogP) is -0.440. The molecule has 1 aromatic rings. The van der Waals surface area contributed by atoms with Crippen molar-refractivity contribution in [1.82, 2.24) is 0 Å². The molecule has 0 aromatic carbocycles. The van der Waals surface area contributed by atoms with E-state index in [9.17, 15) is 0 Å². The molecular formula is C6H6N3+. The zero-order valence-electron chi connectivity index (χ0n) is 4.78. The minimum absolute atomic E-state index is 0.456. The van der Waals surface area contributed by atoms with E-state index in [0.717, 1.165) is 0 Å². The van der Waals surface area contributed by atoms with Crippen LogP contribution in [0.2, 0.25) is 0 Å². The molecule has 44 valence electrons. The molecule has 3 nitrogen and oxygen atoms in total. The smallest absolute Gasteiger partial charge is 0.204 e. The lowest BCUT2D eigenvalue weighted by atomic mass is 10.4. The van der Waals surface area contributed by atoms with Gasteiger partial charge in [-0.25, -0.2) is 5.84 Å². The Kier molecular flexibility index (Phi) is 1.32. The molecule has 0 fully saturated rings. The summed E-state index contributed by atoms with van der Waals surface area (Å²) in [6, 6.07) is 7.12. The van der Waals surface area contributed by atoms with Crippen LogP contribution in [0.5, 0.6) is 0 Å². The van der Waals surface area contributed by atoms with Gasteiger partial charge >= 0.3 is 5.69 Å². The number of nitrogens with two attached hydrogens (primary N) is 1. The molecule has 0 amide bonds. The molecule has 0 unspecified atom stereocenters. The van der Waals surface area contributed by atoms with Crippen molar-refractivity contribution in [3.05, 3.63) is 30.1 Å². The Morgan fingerprint density at radius 3 is 2.78 bits per heavy atom. The van der Waals surface area contributed by atoms with E-state index in [4.69, 9.17) is 11.1 Å². The van der Waals surface area contributed by atoms with Crippen molar-refractivity contribution in [2.45, 2.75) is 0 Å². The first-order chi connectivity index (χ1) is 4.34. The van der Waals surface area contributed by atoms with Gasteiger partial charge in [-0.1, -0.05) is 4.68 Å². The fourth-order valence-corrected chi connectivity index (χ4v) is 0.550. The Balaban J connectivity index is 3.20. The molecule has 0 bridgehead atoms. The minimum Gasteiger partial charge on any atom is -0.204 e. The van der Waals surface area contributed by atoms with Crippen molar-refractivity contribution in [2.75, 3.05) is 5.84 Å². The van der Waals surface area contributed by atoms with E-state index in [1.165, 1.54) is 4.68 Å². The highest BCUT2D eigenvalue weighted by molar-refractivity contribution is 5.12. The van der Waals surface area contributed by atoms with E-state index in [-0.39, 0.29) is 0 Å². The third-order valence-corrected chi connectivity index (χ3v) is 1.00. The van der Waals surface area contributed by atoms with Gasteiger partial charge in [-0.3, -0.25) is 0 Å². The highest BCUT2D eigenvalue weighted by atomic mass is 15.3. The maximum absolute atomic E-state index is 8.37. The first kappa shape index (κ1) is 5.57. The van der Waals surface area contributed by atoms with Crippen LogP contribution in [0.25, 0.3) is 0 Å². The molecule has 0 aliphatic rings. The molecule has 0 aliphatic heterocycles. The van der Waals surface area contributed by atoms with Crippen LogP contribution in [-0.2, 0) is 0 Å². The average molecular weight is 120 g/mol. The van der Waals surface area contributed by atoms with Crippen molar-refractivity contribution < 1.29 is 4.68 Å². The van der Waals surface area contributed by atoms with E-state index in [1.807, 2.05) is 6.07 Å². The van der Waals surface area contributed by atoms with Crippen LogP contribution < -0.4 is 10.5 Å². The number of hydrogen-bond donors (Lipinski definition) is 1. The van der Waals surface area contributed by atoms with Crippen LogP contribution in [0.1, 0.15) is 5.69 Å². The largest absolute Gasteiger partial charge is 0.311 e. The van der Waals surface area contributed by atoms with Gasteiger partial charge < -0.3 is 0 Å². The summed E-state index contributed by atoms with van der Waals surface area (Å²) in [5, 5.41) is 8.37. The van der Waals surface area contributed by atoms with E-state index in [1.54, 1.807) is 24.4 Å². The summed E-state index contributed by atoms with van der Waals surface area (Å²) in [5.74, 6) is 5.33. The maximum atomic E-state index is 8.37. The second kappa shape index (κ2) is 2.14. The van der Waals surface area contributed by atoms with Crippen LogP contribution >= 0.6 is 0 Å². The number of aromatic nitrogens is 1. The highest BCUT2D eigenvalue weighted by Gasteiger charge is 2.00. The summed E-state index contributed by atoms with van der Waals surface area (Å²) in [7, 11) is 0. The number of nitrogens with zero attached hydrogens (tertiary/aromatic N) is 2. The fraction of sp³-hybridized carbons (Fsp3) is 0. The molecule has 1 aromatic heterocycles. The normalized spacial score (nSPS) is 8.33. The SMILES string of the molecule is N#Cc1cccc[n+]1N. The first-order valence-corrected chi connectivity index (χ1v) is 2.50. The van der Waals surface area contributed by atoms with Crippen LogP contribution in [0.4, 0.5) is 0 Å². The summed E-state index contributed by atoms with van der Waals surface area (Å²) in [4.78, 5) is 0. The van der Waals surface area contributed by atoms with Crippen molar-refractivity contribution in [3.8, 4) is 6.07 Å². The molecule has 1 heterocycles. The minimum atomic E-state index is 0.456. The van der Waals surface area contributed by atoms with Gasteiger partial charge in [0.2, 0.25) is 6.20 Å². The quantitative estimate of drug-likeness (QED) is 0.372. The lowest BCUT2D eigenvalue weighted by molar-refractivity contribution is -0.641. The standard InChI is InChI=1S/C6H6N3/c7-5-6-3-1-2-4-9(6)8/h1-4H,8H2/q+1. The van der Waals surface area contributed by atoms with Gasteiger partial charge in [-0.15, -0.1) is 0 Å². The molecule has 1 rings (SSSR count). The zero-order chi connectivity index (χ0) is 6.69. The summed E-state index contributed by atoms with van der Waals surface area (Å²) < 4.78 is 1.28. The Morgan fingerprint density at radius 2 is 2.33 bits per heavy atom. The van der Waals surface area contributed by atoms with E-state index in [2.05, 4.69) is 0 Å². The molecule has 0 saturated carbocycles. The third kappa shape index (κ3) is 0.970. The van der Waals surface area contributed by atoms with Crippen molar-refractivity contribution in [1.29, 1.82) is 5.26 Å². The second-order valence-electron chi connectivity index (χ2n) is 1.60. The van der Waals surface area contributed by atoms with Crippen molar-refractivity contribution in [3.63, 3.8) is 0 Å². The molecule has 9 heavy (non-hydrogen) atoms. The topological polar surface area (TPSA) is 53.7 Å². The predicted molar refractivity (Wildman–Crippen MR) is 31.5 cm³/mol. The number of nitriles is 1. The van der Waals surface area contributed by atoms with E-state index >= 15 is 0 Å². The van der Waals surface area contributed by atoms with Gasteiger partial charge in [0, 0.05) is 12.1 Å². The number of pyridine rings is 1. The van der Waals surface area contributed by atoms with Gasteiger partial charge in [0.05, 0.1) is 0 Å². The van der Waals surface area contributed by atoms with E-state index < -0.39 is 0 Å².